The Hall–Kier alpha value is -1.87. The molecule has 1 aromatic heterocycles. The van der Waals surface area contributed by atoms with Crippen molar-refractivity contribution in [2.24, 2.45) is 0 Å². The first-order valence-electron chi connectivity index (χ1n) is 6.44. The quantitative estimate of drug-likeness (QED) is 0.876. The average Bonchev–Trinajstić information content (AvgIpc) is 2.46. The molecule has 0 atom stereocenters. The fourth-order valence-corrected chi connectivity index (χ4v) is 2.02. The normalized spacial score (nSPS) is 11.2. The van der Waals surface area contributed by atoms with Crippen LogP contribution in [0.5, 0.6) is 0 Å². The van der Waals surface area contributed by atoms with E-state index >= 15 is 0 Å². The van der Waals surface area contributed by atoms with Crippen LogP contribution in [0.1, 0.15) is 29.8 Å². The average molecular weight is 289 g/mol. The minimum absolute atomic E-state index is 0.128. The van der Waals surface area contributed by atoms with Crippen molar-refractivity contribution in [1.29, 1.82) is 0 Å². The van der Waals surface area contributed by atoms with Crippen LogP contribution in [0.25, 0.3) is 0 Å². The van der Waals surface area contributed by atoms with E-state index < -0.39 is 0 Å². The number of hydrogen-bond donors (Lipinski definition) is 1. The second-order valence-electron chi connectivity index (χ2n) is 5.30. The number of carbonyl (C=O) groups is 1. The van der Waals surface area contributed by atoms with Gasteiger partial charge in [0.1, 0.15) is 5.15 Å². The van der Waals surface area contributed by atoms with Gasteiger partial charge in [-0.3, -0.25) is 4.79 Å². The van der Waals surface area contributed by atoms with Crippen LogP contribution in [0.2, 0.25) is 5.15 Å². The minimum atomic E-state index is -0.141. The Balaban J connectivity index is 2.01. The molecule has 1 amide bonds. The summed E-state index contributed by atoms with van der Waals surface area (Å²) in [5.41, 5.74) is 1.57. The molecule has 0 spiro atoms. The lowest BCUT2D eigenvalue weighted by molar-refractivity contribution is 0.0945. The van der Waals surface area contributed by atoms with Gasteiger partial charge in [-0.15, -0.1) is 0 Å². The zero-order chi connectivity index (χ0) is 14.6. The number of nitrogens with zero attached hydrogens (tertiary/aromatic N) is 1. The Morgan fingerprint density at radius 3 is 2.50 bits per heavy atom. The third kappa shape index (κ3) is 3.58. The topological polar surface area (TPSA) is 42.0 Å². The van der Waals surface area contributed by atoms with E-state index in [0.717, 1.165) is 0 Å². The molecule has 0 bridgehead atoms. The lowest BCUT2D eigenvalue weighted by atomic mass is 9.84. The Bertz CT molecular complexity index is 579. The molecule has 2 aromatic rings. The zero-order valence-electron chi connectivity index (χ0n) is 11.6. The molecule has 20 heavy (non-hydrogen) atoms. The molecule has 0 saturated heterocycles. The molecule has 0 unspecified atom stereocenters. The van der Waals surface area contributed by atoms with Crippen molar-refractivity contribution < 1.29 is 4.79 Å². The van der Waals surface area contributed by atoms with Crippen molar-refractivity contribution in [2.45, 2.75) is 19.3 Å². The molecule has 1 heterocycles. The van der Waals surface area contributed by atoms with Crippen LogP contribution in [0.4, 0.5) is 0 Å². The highest BCUT2D eigenvalue weighted by Crippen LogP contribution is 2.21. The van der Waals surface area contributed by atoms with Crippen molar-refractivity contribution in [2.75, 3.05) is 6.54 Å². The number of pyridine rings is 1. The maximum absolute atomic E-state index is 12.0. The predicted octanol–water partition coefficient (Wildman–Crippen LogP) is 3.44. The highest BCUT2D eigenvalue weighted by Gasteiger charge is 2.21. The van der Waals surface area contributed by atoms with E-state index in [-0.39, 0.29) is 11.3 Å². The van der Waals surface area contributed by atoms with Crippen molar-refractivity contribution >= 4 is 17.5 Å². The van der Waals surface area contributed by atoms with E-state index in [1.54, 1.807) is 12.1 Å². The summed E-state index contributed by atoms with van der Waals surface area (Å²) in [6, 6.07) is 13.4. The lowest BCUT2D eigenvalue weighted by Gasteiger charge is -2.25. The van der Waals surface area contributed by atoms with Crippen molar-refractivity contribution in [3.63, 3.8) is 0 Å². The zero-order valence-corrected chi connectivity index (χ0v) is 12.3. The SMILES string of the molecule is CC(C)(CNC(=O)c1ccc(Cl)nc1)c1ccccc1. The number of nitrogens with one attached hydrogen (secondary N) is 1. The predicted molar refractivity (Wildman–Crippen MR) is 81.0 cm³/mol. The highest BCUT2D eigenvalue weighted by atomic mass is 35.5. The van der Waals surface area contributed by atoms with Gasteiger partial charge in [-0.1, -0.05) is 55.8 Å². The molecule has 0 aliphatic heterocycles. The van der Waals surface area contributed by atoms with E-state index in [9.17, 15) is 4.79 Å². The lowest BCUT2D eigenvalue weighted by Crippen LogP contribution is -2.36. The van der Waals surface area contributed by atoms with Gasteiger partial charge in [0.15, 0.2) is 0 Å². The molecular formula is C16H17ClN2O. The Morgan fingerprint density at radius 2 is 1.90 bits per heavy atom. The van der Waals surface area contributed by atoms with Gasteiger partial charge < -0.3 is 5.32 Å². The smallest absolute Gasteiger partial charge is 0.252 e. The standard InChI is InChI=1S/C16H17ClN2O/c1-16(2,13-6-4-3-5-7-13)11-19-15(20)12-8-9-14(17)18-10-12/h3-10H,11H2,1-2H3,(H,19,20). The number of aromatic nitrogens is 1. The van der Waals surface area contributed by atoms with Gasteiger partial charge in [0.2, 0.25) is 0 Å². The first-order chi connectivity index (χ1) is 9.49. The number of rotatable bonds is 4. The molecular weight excluding hydrogens is 272 g/mol. The van der Waals surface area contributed by atoms with Gasteiger partial charge in [-0.2, -0.15) is 0 Å². The Morgan fingerprint density at radius 1 is 1.20 bits per heavy atom. The Kier molecular flexibility index (Phi) is 4.40. The number of hydrogen-bond acceptors (Lipinski definition) is 2. The molecule has 104 valence electrons. The number of halogens is 1. The van der Waals surface area contributed by atoms with Gasteiger partial charge in [0.05, 0.1) is 5.56 Å². The van der Waals surface area contributed by atoms with Crippen molar-refractivity contribution in [3.05, 3.63) is 64.9 Å². The molecule has 1 aromatic carbocycles. The molecule has 2 rings (SSSR count). The van der Waals surface area contributed by atoms with Crippen molar-refractivity contribution in [3.8, 4) is 0 Å². The minimum Gasteiger partial charge on any atom is -0.351 e. The van der Waals surface area contributed by atoms with Crippen LogP contribution in [0.3, 0.4) is 0 Å². The first-order valence-corrected chi connectivity index (χ1v) is 6.82. The van der Waals surface area contributed by atoms with Crippen LogP contribution in [-0.4, -0.2) is 17.4 Å². The number of carbonyl (C=O) groups excluding carboxylic acids is 1. The van der Waals surface area contributed by atoms with Crippen LogP contribution in [0.15, 0.2) is 48.7 Å². The summed E-state index contributed by atoms with van der Waals surface area (Å²) in [6.45, 7) is 4.75. The summed E-state index contributed by atoms with van der Waals surface area (Å²) in [4.78, 5) is 15.9. The number of benzene rings is 1. The molecule has 0 aliphatic carbocycles. The molecule has 0 aliphatic rings. The molecule has 0 radical (unpaired) electrons. The summed E-state index contributed by atoms with van der Waals surface area (Å²) >= 11 is 5.70. The van der Waals surface area contributed by atoms with Crippen LogP contribution >= 0.6 is 11.6 Å². The maximum atomic E-state index is 12.0. The summed E-state index contributed by atoms with van der Waals surface area (Å²) < 4.78 is 0. The summed E-state index contributed by atoms with van der Waals surface area (Å²) in [6.07, 6.45) is 1.48. The third-order valence-electron chi connectivity index (χ3n) is 3.24. The Labute approximate surface area is 124 Å². The largest absolute Gasteiger partial charge is 0.351 e. The first kappa shape index (κ1) is 14.5. The number of amides is 1. The van der Waals surface area contributed by atoms with Crippen LogP contribution < -0.4 is 5.32 Å². The van der Waals surface area contributed by atoms with Gasteiger partial charge in [0, 0.05) is 18.2 Å². The van der Waals surface area contributed by atoms with E-state index in [2.05, 4.69) is 36.3 Å². The summed E-state index contributed by atoms with van der Waals surface area (Å²) in [7, 11) is 0. The molecule has 3 nitrogen and oxygen atoms in total. The molecule has 0 saturated carbocycles. The summed E-state index contributed by atoms with van der Waals surface area (Å²) in [5.74, 6) is -0.141. The summed E-state index contributed by atoms with van der Waals surface area (Å²) in [5, 5.41) is 3.32. The maximum Gasteiger partial charge on any atom is 0.252 e. The van der Waals surface area contributed by atoms with E-state index in [1.165, 1.54) is 11.8 Å². The van der Waals surface area contributed by atoms with Gasteiger partial charge in [-0.25, -0.2) is 4.98 Å². The van der Waals surface area contributed by atoms with Gasteiger partial charge in [0.25, 0.3) is 5.91 Å². The van der Waals surface area contributed by atoms with E-state index in [1.807, 2.05) is 18.2 Å². The highest BCUT2D eigenvalue weighted by molar-refractivity contribution is 6.29. The fourth-order valence-electron chi connectivity index (χ4n) is 1.90. The van der Waals surface area contributed by atoms with E-state index in [0.29, 0.717) is 17.3 Å². The van der Waals surface area contributed by atoms with Crippen molar-refractivity contribution in [1.82, 2.24) is 10.3 Å². The fraction of sp³-hybridized carbons (Fsp3) is 0.250. The molecule has 4 heteroatoms. The second-order valence-corrected chi connectivity index (χ2v) is 5.69. The molecule has 0 fully saturated rings. The van der Waals surface area contributed by atoms with Gasteiger partial charge >= 0.3 is 0 Å². The second kappa shape index (κ2) is 6.06. The monoisotopic (exact) mass is 288 g/mol. The van der Waals surface area contributed by atoms with Gasteiger partial charge in [-0.05, 0) is 17.7 Å². The van der Waals surface area contributed by atoms with Crippen LogP contribution in [-0.2, 0) is 5.41 Å². The van der Waals surface area contributed by atoms with E-state index in [4.69, 9.17) is 11.6 Å². The molecule has 1 N–H and O–H groups in total. The third-order valence-corrected chi connectivity index (χ3v) is 3.46. The van der Waals surface area contributed by atoms with Crippen LogP contribution in [0, 0.1) is 0 Å².